The summed E-state index contributed by atoms with van der Waals surface area (Å²) in [4.78, 5) is 0. The van der Waals surface area contributed by atoms with E-state index in [1.165, 1.54) is 5.56 Å². The fourth-order valence-corrected chi connectivity index (χ4v) is 2.74. The number of ether oxygens (including phenoxy) is 1. The van der Waals surface area contributed by atoms with Crippen molar-refractivity contribution < 1.29 is 4.74 Å². The molecule has 0 bridgehead atoms. The summed E-state index contributed by atoms with van der Waals surface area (Å²) in [5, 5.41) is 3.58. The summed E-state index contributed by atoms with van der Waals surface area (Å²) in [6, 6.07) is 6.82. The fraction of sp³-hybridized carbons (Fsp3) is 0.647. The van der Waals surface area contributed by atoms with Gasteiger partial charge in [0.1, 0.15) is 5.75 Å². The van der Waals surface area contributed by atoms with Crippen LogP contribution in [0.2, 0.25) is 0 Å². The predicted octanol–water partition coefficient (Wildman–Crippen LogP) is 5.32. The van der Waals surface area contributed by atoms with Gasteiger partial charge in [0, 0.05) is 6.04 Å². The summed E-state index contributed by atoms with van der Waals surface area (Å²) in [5.41, 5.74) is 1.62. The maximum Gasteiger partial charge on any atom is 0.133 e. The van der Waals surface area contributed by atoms with E-state index in [-0.39, 0.29) is 0 Å². The van der Waals surface area contributed by atoms with Gasteiger partial charge in [-0.2, -0.15) is 0 Å². The SMILES string of the molecule is CCCOc1ccc(C(CC(C)(C)C)NCC)cc1Br. The van der Waals surface area contributed by atoms with E-state index in [2.05, 4.69) is 74.1 Å². The zero-order chi connectivity index (χ0) is 15.2. The Labute approximate surface area is 132 Å². The molecule has 2 nitrogen and oxygen atoms in total. The molecular weight excluding hydrogens is 314 g/mol. The number of nitrogens with one attached hydrogen (secondary N) is 1. The van der Waals surface area contributed by atoms with Crippen molar-refractivity contribution in [1.29, 1.82) is 0 Å². The van der Waals surface area contributed by atoms with Crippen LogP contribution in [0, 0.1) is 5.41 Å². The van der Waals surface area contributed by atoms with Crippen molar-refractivity contribution >= 4 is 15.9 Å². The normalized spacial score (nSPS) is 13.3. The zero-order valence-electron chi connectivity index (χ0n) is 13.4. The summed E-state index contributed by atoms with van der Waals surface area (Å²) >= 11 is 3.62. The van der Waals surface area contributed by atoms with Gasteiger partial charge in [-0.3, -0.25) is 0 Å². The van der Waals surface area contributed by atoms with Gasteiger partial charge in [0.2, 0.25) is 0 Å². The molecule has 0 spiro atoms. The van der Waals surface area contributed by atoms with Crippen molar-refractivity contribution in [2.24, 2.45) is 5.41 Å². The standard InChI is InChI=1S/C17H28BrNO/c1-6-10-20-16-9-8-13(11-14(16)18)15(19-7-2)12-17(3,4)5/h8-9,11,15,19H,6-7,10,12H2,1-5H3. The van der Waals surface area contributed by atoms with E-state index in [0.29, 0.717) is 11.5 Å². The minimum Gasteiger partial charge on any atom is -0.492 e. The molecule has 0 heterocycles. The Morgan fingerprint density at radius 2 is 1.95 bits per heavy atom. The second kappa shape index (κ2) is 8.04. The molecule has 0 saturated heterocycles. The first-order valence-corrected chi connectivity index (χ1v) is 8.32. The van der Waals surface area contributed by atoms with E-state index in [1.807, 2.05) is 0 Å². The largest absolute Gasteiger partial charge is 0.492 e. The van der Waals surface area contributed by atoms with Crippen molar-refractivity contribution in [2.75, 3.05) is 13.2 Å². The fourth-order valence-electron chi connectivity index (χ4n) is 2.23. The van der Waals surface area contributed by atoms with Crippen LogP contribution in [0.15, 0.2) is 22.7 Å². The second-order valence-corrected chi connectivity index (χ2v) is 7.27. The van der Waals surface area contributed by atoms with Gasteiger partial charge in [0.25, 0.3) is 0 Å². The van der Waals surface area contributed by atoms with Crippen molar-refractivity contribution in [3.05, 3.63) is 28.2 Å². The first-order valence-electron chi connectivity index (χ1n) is 7.53. The van der Waals surface area contributed by atoms with Crippen LogP contribution < -0.4 is 10.1 Å². The lowest BCUT2D eigenvalue weighted by atomic mass is 9.85. The molecule has 0 saturated carbocycles. The number of halogens is 1. The Morgan fingerprint density at radius 1 is 1.25 bits per heavy atom. The molecule has 0 aliphatic rings. The molecule has 1 aromatic carbocycles. The molecule has 0 fully saturated rings. The molecule has 1 aromatic rings. The van der Waals surface area contributed by atoms with Crippen LogP contribution in [0.25, 0.3) is 0 Å². The summed E-state index contributed by atoms with van der Waals surface area (Å²) in [7, 11) is 0. The monoisotopic (exact) mass is 341 g/mol. The predicted molar refractivity (Wildman–Crippen MR) is 90.4 cm³/mol. The third-order valence-corrected chi connectivity index (χ3v) is 3.71. The Balaban J connectivity index is 2.89. The minimum absolute atomic E-state index is 0.302. The number of hydrogen-bond acceptors (Lipinski definition) is 2. The van der Waals surface area contributed by atoms with E-state index in [1.54, 1.807) is 0 Å². The van der Waals surface area contributed by atoms with Crippen molar-refractivity contribution in [2.45, 2.75) is 53.5 Å². The molecule has 0 aliphatic heterocycles. The lowest BCUT2D eigenvalue weighted by molar-refractivity contribution is 0.310. The van der Waals surface area contributed by atoms with Crippen LogP contribution in [0.4, 0.5) is 0 Å². The van der Waals surface area contributed by atoms with Crippen LogP contribution in [0.3, 0.4) is 0 Å². The molecule has 0 amide bonds. The van der Waals surface area contributed by atoms with E-state index >= 15 is 0 Å². The Morgan fingerprint density at radius 3 is 2.45 bits per heavy atom. The smallest absolute Gasteiger partial charge is 0.133 e. The van der Waals surface area contributed by atoms with Gasteiger partial charge < -0.3 is 10.1 Å². The van der Waals surface area contributed by atoms with Crippen LogP contribution in [0.1, 0.15) is 59.1 Å². The summed E-state index contributed by atoms with van der Waals surface area (Å²) in [5.74, 6) is 0.932. The highest BCUT2D eigenvalue weighted by atomic mass is 79.9. The molecule has 0 aromatic heterocycles. The zero-order valence-corrected chi connectivity index (χ0v) is 15.0. The van der Waals surface area contributed by atoms with Gasteiger partial charge in [-0.25, -0.2) is 0 Å². The Bertz CT molecular complexity index is 412. The number of hydrogen-bond donors (Lipinski definition) is 1. The van der Waals surface area contributed by atoms with Crippen LogP contribution >= 0.6 is 15.9 Å². The van der Waals surface area contributed by atoms with E-state index < -0.39 is 0 Å². The molecule has 20 heavy (non-hydrogen) atoms. The van der Waals surface area contributed by atoms with Gasteiger partial charge in [-0.05, 0) is 58.4 Å². The second-order valence-electron chi connectivity index (χ2n) is 6.41. The van der Waals surface area contributed by atoms with Gasteiger partial charge in [0.15, 0.2) is 0 Å². The first kappa shape index (κ1) is 17.5. The van der Waals surface area contributed by atoms with Crippen LogP contribution in [-0.2, 0) is 0 Å². The van der Waals surface area contributed by atoms with Crippen LogP contribution in [-0.4, -0.2) is 13.2 Å². The minimum atomic E-state index is 0.302. The summed E-state index contributed by atoms with van der Waals surface area (Å²) < 4.78 is 6.76. The van der Waals surface area contributed by atoms with Crippen LogP contribution in [0.5, 0.6) is 5.75 Å². The molecule has 1 rings (SSSR count). The van der Waals surface area contributed by atoms with Crippen molar-refractivity contribution in [3.8, 4) is 5.75 Å². The van der Waals surface area contributed by atoms with Crippen molar-refractivity contribution in [3.63, 3.8) is 0 Å². The van der Waals surface area contributed by atoms with Crippen molar-refractivity contribution in [1.82, 2.24) is 5.32 Å². The maximum atomic E-state index is 5.71. The van der Waals surface area contributed by atoms with E-state index in [4.69, 9.17) is 4.74 Å². The quantitative estimate of drug-likeness (QED) is 0.724. The van der Waals surface area contributed by atoms with Gasteiger partial charge in [-0.15, -0.1) is 0 Å². The summed E-state index contributed by atoms with van der Waals surface area (Å²) in [6.45, 7) is 12.9. The molecular formula is C17H28BrNO. The lowest BCUT2D eigenvalue weighted by Gasteiger charge is -2.27. The molecule has 0 aliphatic carbocycles. The van der Waals surface area contributed by atoms with E-state index in [9.17, 15) is 0 Å². The molecule has 0 radical (unpaired) electrons. The van der Waals surface area contributed by atoms with Gasteiger partial charge in [-0.1, -0.05) is 40.7 Å². The molecule has 1 atom stereocenters. The summed E-state index contributed by atoms with van der Waals surface area (Å²) in [6.07, 6.45) is 2.14. The van der Waals surface area contributed by atoms with Gasteiger partial charge >= 0.3 is 0 Å². The Hall–Kier alpha value is -0.540. The topological polar surface area (TPSA) is 21.3 Å². The van der Waals surface area contributed by atoms with Gasteiger partial charge in [0.05, 0.1) is 11.1 Å². The molecule has 1 unspecified atom stereocenters. The number of benzene rings is 1. The molecule has 1 N–H and O–H groups in total. The molecule has 3 heteroatoms. The highest BCUT2D eigenvalue weighted by Crippen LogP contribution is 2.33. The average molecular weight is 342 g/mol. The third kappa shape index (κ3) is 5.84. The van der Waals surface area contributed by atoms with E-state index in [0.717, 1.165) is 36.2 Å². The first-order chi connectivity index (χ1) is 9.37. The maximum absolute atomic E-state index is 5.71. The molecule has 114 valence electrons. The third-order valence-electron chi connectivity index (χ3n) is 3.09. The lowest BCUT2D eigenvalue weighted by Crippen LogP contribution is -2.25. The number of rotatable bonds is 7. The average Bonchev–Trinajstić information content (AvgIpc) is 2.35. The highest BCUT2D eigenvalue weighted by molar-refractivity contribution is 9.10. The Kier molecular flexibility index (Phi) is 7.04. The highest BCUT2D eigenvalue weighted by Gasteiger charge is 2.20.